The summed E-state index contributed by atoms with van der Waals surface area (Å²) in [6.07, 6.45) is 1.66. The van der Waals surface area contributed by atoms with Crippen molar-refractivity contribution in [3.63, 3.8) is 0 Å². The van der Waals surface area contributed by atoms with E-state index >= 15 is 0 Å². The van der Waals surface area contributed by atoms with Crippen LogP contribution in [0.1, 0.15) is 30.4 Å². The topological polar surface area (TPSA) is 46.3 Å². The minimum Gasteiger partial charge on any atom is -0.341 e. The summed E-state index contributed by atoms with van der Waals surface area (Å²) in [5, 5.41) is 0. The molecule has 24 heavy (non-hydrogen) atoms. The van der Waals surface area contributed by atoms with Crippen molar-refractivity contribution in [2.75, 3.05) is 19.6 Å². The molecule has 2 rings (SSSR count). The van der Waals surface area contributed by atoms with Gasteiger partial charge in [-0.2, -0.15) is 0 Å². The number of benzene rings is 2. The fourth-order valence-corrected chi connectivity index (χ4v) is 2.86. The Morgan fingerprint density at radius 1 is 1.00 bits per heavy atom. The minimum atomic E-state index is -0.0847. The fourth-order valence-electron chi connectivity index (χ4n) is 2.86. The van der Waals surface area contributed by atoms with Gasteiger partial charge in [0.15, 0.2) is 0 Å². The van der Waals surface area contributed by atoms with E-state index in [4.69, 9.17) is 5.73 Å². The molecule has 130 valence electrons. The number of carbonyl (C=O) groups is 1. The summed E-state index contributed by atoms with van der Waals surface area (Å²) in [5.41, 5.74) is 8.05. The molecule has 3 nitrogen and oxygen atoms in total. The van der Waals surface area contributed by atoms with E-state index in [2.05, 4.69) is 19.1 Å². The monoisotopic (exact) mass is 346 g/mol. The lowest BCUT2D eigenvalue weighted by molar-refractivity contribution is -0.132. The molecular formula is C20H27ClN2O. The normalized spacial score (nSPS) is 11.4. The van der Waals surface area contributed by atoms with Crippen molar-refractivity contribution >= 4 is 18.3 Å². The maximum atomic E-state index is 13.0. The number of hydrogen-bond donors (Lipinski definition) is 1. The van der Waals surface area contributed by atoms with Crippen LogP contribution in [0.5, 0.6) is 0 Å². The smallest absolute Gasteiger partial charge is 0.230 e. The third kappa shape index (κ3) is 5.66. The molecule has 0 aliphatic carbocycles. The van der Waals surface area contributed by atoms with E-state index in [-0.39, 0.29) is 24.2 Å². The molecule has 0 fully saturated rings. The van der Waals surface area contributed by atoms with Crippen LogP contribution in [-0.2, 0) is 11.2 Å². The average Bonchev–Trinajstić information content (AvgIpc) is 2.61. The van der Waals surface area contributed by atoms with Gasteiger partial charge >= 0.3 is 0 Å². The van der Waals surface area contributed by atoms with E-state index in [0.29, 0.717) is 19.6 Å². The molecule has 0 bridgehead atoms. The van der Waals surface area contributed by atoms with Crippen LogP contribution >= 0.6 is 12.4 Å². The largest absolute Gasteiger partial charge is 0.341 e. The van der Waals surface area contributed by atoms with Crippen molar-refractivity contribution in [2.45, 2.75) is 25.7 Å². The van der Waals surface area contributed by atoms with Gasteiger partial charge in [0.25, 0.3) is 0 Å². The Hall–Kier alpha value is -1.84. The minimum absolute atomic E-state index is 0. The van der Waals surface area contributed by atoms with Gasteiger partial charge in [-0.3, -0.25) is 4.79 Å². The fraction of sp³-hybridized carbons (Fsp3) is 0.350. The standard InChI is InChI=1S/C20H26N2O.ClH/c1-2-19(18-11-7-4-8-12-18)20(23)22(16-14-21)15-13-17-9-5-3-6-10-17;/h3-12,19H,2,13-16,21H2,1H3;1H. The number of carbonyl (C=O) groups excluding carboxylic acids is 1. The zero-order valence-electron chi connectivity index (χ0n) is 14.2. The predicted molar refractivity (Wildman–Crippen MR) is 103 cm³/mol. The van der Waals surface area contributed by atoms with E-state index in [1.54, 1.807) is 0 Å². The molecule has 2 N–H and O–H groups in total. The molecule has 0 spiro atoms. The van der Waals surface area contributed by atoms with Crippen molar-refractivity contribution in [2.24, 2.45) is 5.73 Å². The van der Waals surface area contributed by atoms with Gasteiger partial charge < -0.3 is 10.6 Å². The summed E-state index contributed by atoms with van der Waals surface area (Å²) in [6, 6.07) is 20.3. The van der Waals surface area contributed by atoms with E-state index < -0.39 is 0 Å². The van der Waals surface area contributed by atoms with Gasteiger partial charge in [-0.1, -0.05) is 67.6 Å². The van der Waals surface area contributed by atoms with Crippen LogP contribution in [0.15, 0.2) is 60.7 Å². The maximum Gasteiger partial charge on any atom is 0.230 e. The molecule has 1 amide bonds. The van der Waals surface area contributed by atoms with E-state index in [1.807, 2.05) is 53.4 Å². The highest BCUT2D eigenvalue weighted by atomic mass is 35.5. The SMILES string of the molecule is CCC(C(=O)N(CCN)CCc1ccccc1)c1ccccc1.Cl. The van der Waals surface area contributed by atoms with Crippen molar-refractivity contribution < 1.29 is 4.79 Å². The summed E-state index contributed by atoms with van der Waals surface area (Å²) in [7, 11) is 0. The zero-order chi connectivity index (χ0) is 16.5. The molecule has 0 aromatic heterocycles. The van der Waals surface area contributed by atoms with Crippen LogP contribution in [0.3, 0.4) is 0 Å². The average molecular weight is 347 g/mol. The summed E-state index contributed by atoms with van der Waals surface area (Å²) >= 11 is 0. The highest BCUT2D eigenvalue weighted by Gasteiger charge is 2.23. The molecule has 2 aromatic rings. The van der Waals surface area contributed by atoms with Crippen LogP contribution in [-0.4, -0.2) is 30.4 Å². The van der Waals surface area contributed by atoms with Crippen LogP contribution < -0.4 is 5.73 Å². The first-order valence-electron chi connectivity index (χ1n) is 8.34. The van der Waals surface area contributed by atoms with Crippen molar-refractivity contribution in [3.8, 4) is 0 Å². The van der Waals surface area contributed by atoms with Crippen LogP contribution in [0.25, 0.3) is 0 Å². The number of nitrogens with zero attached hydrogens (tertiary/aromatic N) is 1. The Bertz CT molecular complexity index is 589. The van der Waals surface area contributed by atoms with Gasteiger partial charge in [0.05, 0.1) is 5.92 Å². The van der Waals surface area contributed by atoms with Gasteiger partial charge in [-0.15, -0.1) is 12.4 Å². The number of nitrogens with two attached hydrogens (primary N) is 1. The molecule has 0 aliphatic rings. The lowest BCUT2D eigenvalue weighted by Crippen LogP contribution is -2.39. The molecule has 0 radical (unpaired) electrons. The van der Waals surface area contributed by atoms with Gasteiger partial charge in [0, 0.05) is 19.6 Å². The molecule has 1 unspecified atom stereocenters. The van der Waals surface area contributed by atoms with Crippen molar-refractivity contribution in [1.82, 2.24) is 4.90 Å². The number of rotatable bonds is 8. The molecular weight excluding hydrogens is 320 g/mol. The highest BCUT2D eigenvalue weighted by Crippen LogP contribution is 2.22. The van der Waals surface area contributed by atoms with Crippen LogP contribution in [0, 0.1) is 0 Å². The first-order chi connectivity index (χ1) is 11.3. The lowest BCUT2D eigenvalue weighted by Gasteiger charge is -2.27. The quantitative estimate of drug-likeness (QED) is 0.793. The zero-order valence-corrected chi connectivity index (χ0v) is 15.0. The van der Waals surface area contributed by atoms with Crippen LogP contribution in [0.2, 0.25) is 0 Å². The predicted octanol–water partition coefficient (Wildman–Crippen LogP) is 3.63. The molecule has 1 atom stereocenters. The molecule has 4 heteroatoms. The van der Waals surface area contributed by atoms with Gasteiger partial charge in [0.2, 0.25) is 5.91 Å². The summed E-state index contributed by atoms with van der Waals surface area (Å²) < 4.78 is 0. The van der Waals surface area contributed by atoms with Gasteiger partial charge in [-0.05, 0) is 24.0 Å². The number of halogens is 1. The number of amides is 1. The second-order valence-electron chi connectivity index (χ2n) is 5.72. The molecule has 0 saturated heterocycles. The summed E-state index contributed by atoms with van der Waals surface area (Å²) in [6.45, 7) is 3.87. The molecule has 0 saturated carbocycles. The number of hydrogen-bond acceptors (Lipinski definition) is 2. The van der Waals surface area contributed by atoms with Gasteiger partial charge in [0.1, 0.15) is 0 Å². The molecule has 2 aromatic carbocycles. The van der Waals surface area contributed by atoms with E-state index in [0.717, 1.165) is 18.4 Å². The first kappa shape index (κ1) is 20.2. The summed E-state index contributed by atoms with van der Waals surface area (Å²) in [5.74, 6) is 0.0959. The Balaban J connectivity index is 0.00000288. The second-order valence-corrected chi connectivity index (χ2v) is 5.72. The summed E-state index contributed by atoms with van der Waals surface area (Å²) in [4.78, 5) is 14.9. The maximum absolute atomic E-state index is 13.0. The Morgan fingerprint density at radius 3 is 2.12 bits per heavy atom. The van der Waals surface area contributed by atoms with E-state index in [1.165, 1.54) is 5.56 Å². The van der Waals surface area contributed by atoms with Gasteiger partial charge in [-0.25, -0.2) is 0 Å². The molecule has 0 heterocycles. The third-order valence-electron chi connectivity index (χ3n) is 4.13. The highest BCUT2D eigenvalue weighted by molar-refractivity contribution is 5.85. The first-order valence-corrected chi connectivity index (χ1v) is 8.34. The van der Waals surface area contributed by atoms with Crippen molar-refractivity contribution in [3.05, 3.63) is 71.8 Å². The lowest BCUT2D eigenvalue weighted by atomic mass is 9.95. The Morgan fingerprint density at radius 2 is 1.58 bits per heavy atom. The van der Waals surface area contributed by atoms with Crippen LogP contribution in [0.4, 0.5) is 0 Å². The Kier molecular flexibility index (Phi) is 9.13. The Labute approximate surface area is 151 Å². The van der Waals surface area contributed by atoms with E-state index in [9.17, 15) is 4.79 Å². The third-order valence-corrected chi connectivity index (χ3v) is 4.13. The molecule has 0 aliphatic heterocycles. The second kappa shape index (κ2) is 10.8. The van der Waals surface area contributed by atoms with Crippen molar-refractivity contribution in [1.29, 1.82) is 0 Å².